The highest BCUT2D eigenvalue weighted by Crippen LogP contribution is 2.46. The molecule has 5 atom stereocenters. The van der Waals surface area contributed by atoms with Crippen molar-refractivity contribution in [1.29, 1.82) is 0 Å². The smallest absolute Gasteiger partial charge is 0.408 e. The van der Waals surface area contributed by atoms with E-state index in [2.05, 4.69) is 48.2 Å². The van der Waals surface area contributed by atoms with Crippen molar-refractivity contribution in [2.75, 3.05) is 6.54 Å². The number of carbonyl (C=O) groups excluding carboxylic acids is 4. The van der Waals surface area contributed by atoms with E-state index in [1.807, 2.05) is 45.0 Å². The zero-order valence-electron chi connectivity index (χ0n) is 28.4. The Morgan fingerprint density at radius 2 is 1.86 bits per heavy atom. The van der Waals surface area contributed by atoms with Crippen molar-refractivity contribution in [1.82, 2.24) is 35.2 Å². The van der Waals surface area contributed by atoms with Gasteiger partial charge in [0, 0.05) is 28.9 Å². The predicted octanol–water partition coefficient (Wildman–Crippen LogP) is 3.60. The number of likely N-dealkylation sites (tertiary alicyclic amines) is 1. The van der Waals surface area contributed by atoms with E-state index in [1.165, 1.54) is 11.0 Å². The molecule has 4 amide bonds. The molecular weight excluding hydrogens is 730 g/mol. The van der Waals surface area contributed by atoms with Gasteiger partial charge in [-0.25, -0.2) is 17.9 Å². The molecule has 4 fully saturated rings. The second-order valence-electron chi connectivity index (χ2n) is 14.9. The van der Waals surface area contributed by atoms with Gasteiger partial charge in [-0.1, -0.05) is 60.1 Å². The molecule has 1 aliphatic heterocycles. The minimum absolute atomic E-state index is 0.0598. The second kappa shape index (κ2) is 13.7. The van der Waals surface area contributed by atoms with Gasteiger partial charge in [0.15, 0.2) is 0 Å². The molecule has 1 aromatic carbocycles. The first kappa shape index (κ1) is 36.0. The Hall–Kier alpha value is -3.79. The van der Waals surface area contributed by atoms with Crippen molar-refractivity contribution >= 4 is 49.8 Å². The molecule has 6 rings (SSSR count). The van der Waals surface area contributed by atoms with E-state index < -0.39 is 74.1 Å². The summed E-state index contributed by atoms with van der Waals surface area (Å²) in [6, 6.07) is 4.95. The molecule has 50 heavy (non-hydrogen) atoms. The maximum atomic E-state index is 14.5. The first-order valence-corrected chi connectivity index (χ1v) is 19.4. The van der Waals surface area contributed by atoms with E-state index in [0.717, 1.165) is 35.7 Å². The van der Waals surface area contributed by atoms with Gasteiger partial charge in [-0.2, -0.15) is 0 Å². The molecule has 0 bridgehead atoms. The minimum atomic E-state index is -3.88. The first-order chi connectivity index (χ1) is 23.6. The highest BCUT2D eigenvalue weighted by molar-refractivity contribution is 9.10. The van der Waals surface area contributed by atoms with Crippen LogP contribution in [0.5, 0.6) is 0 Å². The van der Waals surface area contributed by atoms with Gasteiger partial charge in [0.25, 0.3) is 5.91 Å². The maximum Gasteiger partial charge on any atom is 0.408 e. The van der Waals surface area contributed by atoms with Crippen LogP contribution in [0.3, 0.4) is 0 Å². The normalized spacial score (nSPS) is 25.8. The number of hydrogen-bond donors (Lipinski definition) is 3. The lowest BCUT2D eigenvalue weighted by atomic mass is 9.85. The molecule has 3 N–H and O–H groups in total. The van der Waals surface area contributed by atoms with Crippen LogP contribution in [0.2, 0.25) is 0 Å². The molecule has 1 aromatic heterocycles. The molecule has 4 aliphatic rings. The van der Waals surface area contributed by atoms with Gasteiger partial charge in [0.05, 0.1) is 17.5 Å². The maximum absolute atomic E-state index is 14.5. The number of amides is 4. The highest BCUT2D eigenvalue weighted by Gasteiger charge is 2.62. The Bertz CT molecular complexity index is 1780. The number of benzene rings is 1. The van der Waals surface area contributed by atoms with Gasteiger partial charge in [0.2, 0.25) is 21.8 Å². The van der Waals surface area contributed by atoms with Crippen LogP contribution in [0.15, 0.2) is 47.6 Å². The Kier molecular flexibility index (Phi) is 9.89. The second-order valence-corrected chi connectivity index (χ2v) is 17.8. The monoisotopic (exact) mass is 773 g/mol. The van der Waals surface area contributed by atoms with Crippen LogP contribution in [-0.4, -0.2) is 87.6 Å². The number of nitrogens with zero attached hydrogens (tertiary/aromatic N) is 4. The fourth-order valence-corrected chi connectivity index (χ4v) is 8.64. The number of hydrogen-bond acceptors (Lipinski definition) is 9. The topological polar surface area (TPSA) is 182 Å². The third-order valence-electron chi connectivity index (χ3n) is 10.1. The molecule has 2 aromatic rings. The Morgan fingerprint density at radius 3 is 2.48 bits per heavy atom. The number of alkyl carbamates (subject to hydrolysis) is 1. The zero-order valence-corrected chi connectivity index (χ0v) is 30.8. The summed E-state index contributed by atoms with van der Waals surface area (Å²) in [5, 5.41) is 13.6. The predicted molar refractivity (Wildman–Crippen MR) is 187 cm³/mol. The summed E-state index contributed by atoms with van der Waals surface area (Å²) in [6.45, 7) is 9.27. The molecule has 0 radical (unpaired) electrons. The molecule has 3 aliphatic carbocycles. The lowest BCUT2D eigenvalue weighted by Gasteiger charge is -2.35. The average Bonchev–Trinajstić information content (AvgIpc) is 3.81. The Labute approximate surface area is 300 Å². The van der Waals surface area contributed by atoms with Crippen molar-refractivity contribution in [2.24, 2.45) is 11.3 Å². The fraction of sp³-hybridized carbons (Fsp3) is 0.588. The summed E-state index contributed by atoms with van der Waals surface area (Å²) < 4.78 is 35.6. The van der Waals surface area contributed by atoms with E-state index in [-0.39, 0.29) is 25.5 Å². The van der Waals surface area contributed by atoms with E-state index in [0.29, 0.717) is 18.5 Å². The van der Waals surface area contributed by atoms with E-state index in [1.54, 1.807) is 10.9 Å². The van der Waals surface area contributed by atoms with Gasteiger partial charge >= 0.3 is 6.09 Å². The number of nitrogens with one attached hydrogen (secondary N) is 3. The average molecular weight is 775 g/mol. The van der Waals surface area contributed by atoms with Crippen LogP contribution in [0, 0.1) is 11.3 Å². The Balaban J connectivity index is 1.27. The van der Waals surface area contributed by atoms with Crippen molar-refractivity contribution in [3.05, 3.63) is 47.6 Å². The van der Waals surface area contributed by atoms with Crippen molar-refractivity contribution < 1.29 is 32.3 Å². The summed E-state index contributed by atoms with van der Waals surface area (Å²) in [5.41, 5.74) is -0.877. The van der Waals surface area contributed by atoms with E-state index in [9.17, 15) is 27.6 Å². The summed E-state index contributed by atoms with van der Waals surface area (Å²) >= 11 is 3.47. The molecule has 14 nitrogen and oxygen atoms in total. The fourth-order valence-electron chi connectivity index (χ4n) is 6.88. The third kappa shape index (κ3) is 7.60. The first-order valence-electron chi connectivity index (χ1n) is 17.1. The molecule has 1 saturated heterocycles. The van der Waals surface area contributed by atoms with Gasteiger partial charge in [-0.05, 0) is 62.5 Å². The summed E-state index contributed by atoms with van der Waals surface area (Å²) in [4.78, 5) is 56.6. The summed E-state index contributed by atoms with van der Waals surface area (Å²) in [5.74, 6) is -2.45. The number of sulfonamides is 1. The molecule has 16 heteroatoms. The quantitative estimate of drug-likeness (QED) is 0.288. The van der Waals surface area contributed by atoms with Crippen molar-refractivity contribution in [3.63, 3.8) is 0 Å². The highest BCUT2D eigenvalue weighted by atomic mass is 79.9. The van der Waals surface area contributed by atoms with E-state index in [4.69, 9.17) is 4.74 Å². The zero-order chi connectivity index (χ0) is 36.0. The standard InChI is InChI=1S/C34H44BrN7O7S/c1-5-21-17-34(21,31(45)39-50(47,48)25-13-14-25)37-29(43)27-16-23(42-19-26(38-40-42)20-9-8-10-22(35)15-20)18-41(27)30(44)28(33(2,3)4)36-32(46)49-24-11-6-7-12-24/h5,8-10,15,19,21,23-25,27-28H,1,6-7,11-14,16-18H2,2-4H3,(H,36,46)(H,37,43)(H,39,45)/t21-,23-,27+,28-,34-/m1/s1. The molecular formula is C34H44BrN7O7S. The van der Waals surface area contributed by atoms with Crippen LogP contribution < -0.4 is 15.4 Å². The summed E-state index contributed by atoms with van der Waals surface area (Å²) in [7, 11) is -3.88. The van der Waals surface area contributed by atoms with Crippen LogP contribution in [0.25, 0.3) is 11.3 Å². The Morgan fingerprint density at radius 1 is 1.14 bits per heavy atom. The molecule has 0 spiro atoms. The van der Waals surface area contributed by atoms with Crippen LogP contribution in [-0.2, 0) is 29.1 Å². The van der Waals surface area contributed by atoms with Crippen molar-refractivity contribution in [3.8, 4) is 11.3 Å². The number of aromatic nitrogens is 3. The lowest BCUT2D eigenvalue weighted by Crippen LogP contribution is -2.60. The molecule has 2 heterocycles. The van der Waals surface area contributed by atoms with Crippen molar-refractivity contribution in [2.45, 2.75) is 107 Å². The van der Waals surface area contributed by atoms with Gasteiger partial charge in [-0.3, -0.25) is 19.1 Å². The largest absolute Gasteiger partial charge is 0.446 e. The number of carbonyl (C=O) groups is 4. The SMILES string of the molecule is C=C[C@@H]1C[C@]1(NC(=O)[C@@H]1C[C@@H](n2cc(-c3cccc(Br)c3)nn2)CN1C(=O)[C@@H](NC(=O)OC1CCCC1)C(C)(C)C)C(=O)NS(=O)(=O)C1CC1. The van der Waals surface area contributed by atoms with Gasteiger partial charge in [-0.15, -0.1) is 11.7 Å². The number of rotatable bonds is 11. The third-order valence-corrected chi connectivity index (χ3v) is 12.4. The van der Waals surface area contributed by atoms with E-state index >= 15 is 0 Å². The lowest BCUT2D eigenvalue weighted by molar-refractivity contribution is -0.142. The molecule has 270 valence electrons. The minimum Gasteiger partial charge on any atom is -0.446 e. The van der Waals surface area contributed by atoms with Crippen LogP contribution in [0.1, 0.15) is 78.2 Å². The van der Waals surface area contributed by atoms with Crippen LogP contribution >= 0.6 is 15.9 Å². The summed E-state index contributed by atoms with van der Waals surface area (Å²) in [6.07, 6.45) is 7.04. The molecule has 0 unspecified atom stereocenters. The number of ether oxygens (including phenoxy) is 1. The molecule has 3 saturated carbocycles. The number of halogens is 1. The van der Waals surface area contributed by atoms with Gasteiger partial charge in [0.1, 0.15) is 29.4 Å². The van der Waals surface area contributed by atoms with Crippen LogP contribution in [0.4, 0.5) is 4.79 Å². The van der Waals surface area contributed by atoms with Gasteiger partial charge < -0.3 is 20.3 Å².